The highest BCUT2D eigenvalue weighted by Gasteiger charge is 2.78. The third-order valence-corrected chi connectivity index (χ3v) is 5.51. The van der Waals surface area contributed by atoms with Crippen molar-refractivity contribution in [1.82, 2.24) is 0 Å². The van der Waals surface area contributed by atoms with Gasteiger partial charge in [-0.25, -0.2) is 0 Å². The van der Waals surface area contributed by atoms with Crippen LogP contribution < -0.4 is 0 Å². The SMILES string of the molecule is CC(C)=CCC[C@]1(C)[C@]2(C)C=COC[C@@]21C. The first-order chi connectivity index (χ1) is 7.37. The van der Waals surface area contributed by atoms with Crippen LogP contribution in [0.3, 0.4) is 0 Å². The van der Waals surface area contributed by atoms with E-state index in [9.17, 15) is 0 Å². The van der Waals surface area contributed by atoms with Gasteiger partial charge in [0, 0.05) is 10.8 Å². The molecule has 2 aliphatic rings. The highest BCUT2D eigenvalue weighted by atomic mass is 16.5. The van der Waals surface area contributed by atoms with Crippen LogP contribution >= 0.6 is 0 Å². The van der Waals surface area contributed by atoms with E-state index in [4.69, 9.17) is 4.74 Å². The molecule has 0 bridgehead atoms. The van der Waals surface area contributed by atoms with Crippen LogP contribution in [0.2, 0.25) is 0 Å². The fourth-order valence-electron chi connectivity index (χ4n) is 3.61. The minimum Gasteiger partial charge on any atom is -0.501 e. The highest BCUT2D eigenvalue weighted by molar-refractivity contribution is 5.33. The van der Waals surface area contributed by atoms with E-state index >= 15 is 0 Å². The van der Waals surface area contributed by atoms with Gasteiger partial charge >= 0.3 is 0 Å². The van der Waals surface area contributed by atoms with Gasteiger partial charge in [0.15, 0.2) is 0 Å². The Balaban J connectivity index is 2.11. The van der Waals surface area contributed by atoms with Gasteiger partial charge < -0.3 is 4.74 Å². The van der Waals surface area contributed by atoms with Crippen molar-refractivity contribution in [2.45, 2.75) is 47.5 Å². The van der Waals surface area contributed by atoms with Crippen LogP contribution in [0.4, 0.5) is 0 Å². The smallest absolute Gasteiger partial charge is 0.0940 e. The van der Waals surface area contributed by atoms with Crippen molar-refractivity contribution >= 4 is 0 Å². The molecule has 1 heteroatoms. The first-order valence-corrected chi connectivity index (χ1v) is 6.30. The molecule has 1 aliphatic carbocycles. The lowest BCUT2D eigenvalue weighted by molar-refractivity contribution is 0.141. The van der Waals surface area contributed by atoms with Crippen molar-refractivity contribution in [3.8, 4) is 0 Å². The van der Waals surface area contributed by atoms with Crippen molar-refractivity contribution in [3.05, 3.63) is 24.0 Å². The fourth-order valence-corrected chi connectivity index (χ4v) is 3.61. The van der Waals surface area contributed by atoms with Crippen molar-refractivity contribution in [2.75, 3.05) is 6.61 Å². The highest BCUT2D eigenvalue weighted by Crippen LogP contribution is 2.81. The molecule has 0 radical (unpaired) electrons. The Hall–Kier alpha value is -0.720. The number of hydrogen-bond acceptors (Lipinski definition) is 1. The maximum absolute atomic E-state index is 5.52. The largest absolute Gasteiger partial charge is 0.501 e. The maximum Gasteiger partial charge on any atom is 0.0940 e. The Labute approximate surface area is 99.6 Å². The zero-order chi connectivity index (χ0) is 12.0. The van der Waals surface area contributed by atoms with Gasteiger partial charge in [0.1, 0.15) is 0 Å². The fraction of sp³-hybridized carbons (Fsp3) is 0.733. The van der Waals surface area contributed by atoms with Crippen molar-refractivity contribution in [3.63, 3.8) is 0 Å². The lowest BCUT2D eigenvalue weighted by Crippen LogP contribution is -2.16. The molecule has 1 fully saturated rings. The van der Waals surface area contributed by atoms with E-state index in [1.807, 2.05) is 6.26 Å². The number of ether oxygens (including phenoxy) is 1. The van der Waals surface area contributed by atoms with Gasteiger partial charge in [-0.05, 0) is 38.2 Å². The third-order valence-electron chi connectivity index (χ3n) is 5.51. The van der Waals surface area contributed by atoms with E-state index in [-0.39, 0.29) is 0 Å². The van der Waals surface area contributed by atoms with Gasteiger partial charge in [0.05, 0.1) is 12.9 Å². The van der Waals surface area contributed by atoms with E-state index in [0.717, 1.165) is 6.61 Å². The minimum atomic E-state index is 0.338. The maximum atomic E-state index is 5.52. The minimum absolute atomic E-state index is 0.338. The van der Waals surface area contributed by atoms with Crippen LogP contribution in [0.15, 0.2) is 24.0 Å². The Morgan fingerprint density at radius 3 is 2.50 bits per heavy atom. The molecule has 1 nitrogen and oxygen atoms in total. The predicted molar refractivity (Wildman–Crippen MR) is 68.1 cm³/mol. The van der Waals surface area contributed by atoms with Crippen LogP contribution in [0.5, 0.6) is 0 Å². The lowest BCUT2D eigenvalue weighted by atomic mass is 9.90. The summed E-state index contributed by atoms with van der Waals surface area (Å²) in [6.45, 7) is 12.4. The van der Waals surface area contributed by atoms with Crippen LogP contribution in [0.1, 0.15) is 47.5 Å². The molecular formula is C15H24O. The molecule has 0 aromatic rings. The normalized spacial score (nSPS) is 44.6. The van der Waals surface area contributed by atoms with Crippen molar-refractivity contribution < 1.29 is 4.74 Å². The standard InChI is InChI=1S/C15H24O/c1-12(2)7-6-8-13(3)14(4)9-10-16-11-15(13,14)5/h7,9-10H,6,8,11H2,1-5H3/t13-,14+,15-/m1/s1. The lowest BCUT2D eigenvalue weighted by Gasteiger charge is -2.19. The average molecular weight is 220 g/mol. The molecule has 0 N–H and O–H groups in total. The summed E-state index contributed by atoms with van der Waals surface area (Å²) in [7, 11) is 0. The zero-order valence-electron chi connectivity index (χ0n) is 11.3. The number of fused-ring (bicyclic) bond motifs is 1. The summed E-state index contributed by atoms with van der Waals surface area (Å²) < 4.78 is 5.52. The molecule has 3 atom stereocenters. The number of rotatable bonds is 3. The molecule has 16 heavy (non-hydrogen) atoms. The van der Waals surface area contributed by atoms with Gasteiger partial charge in [-0.15, -0.1) is 0 Å². The molecular weight excluding hydrogens is 196 g/mol. The van der Waals surface area contributed by atoms with Gasteiger partial charge in [-0.2, -0.15) is 0 Å². The predicted octanol–water partition coefficient (Wildman–Crippen LogP) is 4.31. The van der Waals surface area contributed by atoms with E-state index in [2.05, 4.69) is 46.8 Å². The molecule has 0 aromatic carbocycles. The molecule has 0 amide bonds. The summed E-state index contributed by atoms with van der Waals surface area (Å²) in [6, 6.07) is 0. The number of hydrogen-bond donors (Lipinski definition) is 0. The van der Waals surface area contributed by atoms with Crippen LogP contribution in [0, 0.1) is 16.2 Å². The molecule has 2 rings (SSSR count). The summed E-state index contributed by atoms with van der Waals surface area (Å²) in [5, 5.41) is 0. The molecule has 0 aromatic heterocycles. The first-order valence-electron chi connectivity index (χ1n) is 6.30. The first kappa shape index (κ1) is 11.8. The Kier molecular flexibility index (Phi) is 2.49. The third kappa shape index (κ3) is 1.23. The van der Waals surface area contributed by atoms with E-state index in [1.54, 1.807) is 0 Å². The molecule has 1 aliphatic heterocycles. The quantitative estimate of drug-likeness (QED) is 0.644. The van der Waals surface area contributed by atoms with Crippen molar-refractivity contribution in [2.24, 2.45) is 16.2 Å². The van der Waals surface area contributed by atoms with Crippen molar-refractivity contribution in [1.29, 1.82) is 0 Å². The van der Waals surface area contributed by atoms with E-state index in [0.29, 0.717) is 16.2 Å². The summed E-state index contributed by atoms with van der Waals surface area (Å²) in [6.07, 6.45) is 8.98. The van der Waals surface area contributed by atoms with E-state index in [1.165, 1.54) is 18.4 Å². The molecule has 0 spiro atoms. The van der Waals surface area contributed by atoms with Crippen LogP contribution in [-0.2, 0) is 4.74 Å². The summed E-state index contributed by atoms with van der Waals surface area (Å²) in [5.74, 6) is 0. The zero-order valence-corrected chi connectivity index (χ0v) is 11.3. The molecule has 90 valence electrons. The topological polar surface area (TPSA) is 9.23 Å². The average Bonchev–Trinajstić information content (AvgIpc) is 2.59. The van der Waals surface area contributed by atoms with Crippen LogP contribution in [0.25, 0.3) is 0 Å². The second-order valence-electron chi connectivity index (χ2n) is 6.30. The molecule has 0 unspecified atom stereocenters. The Morgan fingerprint density at radius 1 is 1.31 bits per heavy atom. The monoisotopic (exact) mass is 220 g/mol. The van der Waals surface area contributed by atoms with Crippen LogP contribution in [-0.4, -0.2) is 6.61 Å². The summed E-state index contributed by atoms with van der Waals surface area (Å²) in [5.41, 5.74) is 2.51. The molecule has 1 saturated carbocycles. The Bertz CT molecular complexity index is 350. The summed E-state index contributed by atoms with van der Waals surface area (Å²) in [4.78, 5) is 0. The van der Waals surface area contributed by atoms with Gasteiger partial charge in [-0.1, -0.05) is 32.4 Å². The van der Waals surface area contributed by atoms with Gasteiger partial charge in [-0.3, -0.25) is 0 Å². The van der Waals surface area contributed by atoms with E-state index < -0.39 is 0 Å². The second-order valence-corrected chi connectivity index (χ2v) is 6.30. The van der Waals surface area contributed by atoms with Gasteiger partial charge in [0.2, 0.25) is 0 Å². The molecule has 1 heterocycles. The van der Waals surface area contributed by atoms with Gasteiger partial charge in [0.25, 0.3) is 0 Å². The molecule has 0 saturated heterocycles. The Morgan fingerprint density at radius 2 is 2.00 bits per heavy atom. The second kappa shape index (κ2) is 3.38. The number of allylic oxidation sites excluding steroid dienone is 3. The summed E-state index contributed by atoms with van der Waals surface area (Å²) >= 11 is 0.